The van der Waals surface area contributed by atoms with Crippen molar-refractivity contribution in [2.45, 2.75) is 39.2 Å². The molecule has 0 saturated carbocycles. The summed E-state index contributed by atoms with van der Waals surface area (Å²) in [5.41, 5.74) is 2.94. The molecule has 6 heteroatoms. The normalized spacial score (nSPS) is 17.5. The third-order valence-electron chi connectivity index (χ3n) is 4.34. The summed E-state index contributed by atoms with van der Waals surface area (Å²) in [5.74, 6) is 1.01. The van der Waals surface area contributed by atoms with Crippen LogP contribution in [0.5, 0.6) is 0 Å². The lowest BCUT2D eigenvalue weighted by Crippen LogP contribution is -2.31. The van der Waals surface area contributed by atoms with E-state index >= 15 is 0 Å². The molecule has 1 unspecified atom stereocenters. The van der Waals surface area contributed by atoms with Gasteiger partial charge >= 0.3 is 0 Å². The lowest BCUT2D eigenvalue weighted by Gasteiger charge is -2.17. The highest BCUT2D eigenvalue weighted by molar-refractivity contribution is 5.77. The molecule has 1 aliphatic heterocycles. The highest BCUT2D eigenvalue weighted by atomic mass is 16.5. The fourth-order valence-electron chi connectivity index (χ4n) is 3.04. The van der Waals surface area contributed by atoms with Crippen molar-refractivity contribution >= 4 is 11.6 Å². The highest BCUT2D eigenvalue weighted by Gasteiger charge is 2.26. The zero-order valence-corrected chi connectivity index (χ0v) is 13.6. The molecule has 2 aromatic heterocycles. The zero-order chi connectivity index (χ0) is 16.2. The van der Waals surface area contributed by atoms with Crippen LogP contribution in [0.2, 0.25) is 0 Å². The molecule has 0 bridgehead atoms. The number of carbonyl (C=O) groups excluding carboxylic acids is 1. The number of carbonyl (C=O) groups is 1. The number of aryl methyl sites for hydroxylation is 2. The van der Waals surface area contributed by atoms with Crippen LogP contribution in [0.15, 0.2) is 29.0 Å². The Labute approximate surface area is 135 Å². The van der Waals surface area contributed by atoms with Gasteiger partial charge in [0.25, 0.3) is 0 Å². The highest BCUT2D eigenvalue weighted by Crippen LogP contribution is 2.18. The molecule has 1 atom stereocenters. The van der Waals surface area contributed by atoms with Crippen molar-refractivity contribution < 1.29 is 9.32 Å². The first-order valence-corrected chi connectivity index (χ1v) is 7.99. The lowest BCUT2D eigenvalue weighted by molar-refractivity contribution is -0.130. The molecule has 3 rings (SSSR count). The molecule has 1 saturated heterocycles. The van der Waals surface area contributed by atoms with Gasteiger partial charge in [-0.25, -0.2) is 0 Å². The molecule has 0 aliphatic carbocycles. The van der Waals surface area contributed by atoms with Gasteiger partial charge in [0.2, 0.25) is 5.91 Å². The SMILES string of the molecule is Cc1noc(C)c1CCC(=O)N1CCC(Nc2cccnc2)C1. The van der Waals surface area contributed by atoms with Crippen molar-refractivity contribution in [1.29, 1.82) is 0 Å². The Kier molecular flexibility index (Phi) is 4.60. The van der Waals surface area contributed by atoms with Crippen LogP contribution in [0.1, 0.15) is 29.9 Å². The molecular formula is C17H22N4O2. The second-order valence-electron chi connectivity index (χ2n) is 6.01. The number of nitrogens with one attached hydrogen (secondary N) is 1. The lowest BCUT2D eigenvalue weighted by atomic mass is 10.1. The van der Waals surface area contributed by atoms with E-state index in [-0.39, 0.29) is 5.91 Å². The van der Waals surface area contributed by atoms with Gasteiger partial charge in [0.1, 0.15) is 5.76 Å². The maximum Gasteiger partial charge on any atom is 0.222 e. The van der Waals surface area contributed by atoms with Crippen LogP contribution < -0.4 is 5.32 Å². The first kappa shape index (κ1) is 15.5. The minimum Gasteiger partial charge on any atom is -0.379 e. The van der Waals surface area contributed by atoms with Crippen LogP contribution in [-0.4, -0.2) is 40.1 Å². The molecule has 2 aromatic rings. The zero-order valence-electron chi connectivity index (χ0n) is 13.6. The van der Waals surface area contributed by atoms with Gasteiger partial charge in [-0.15, -0.1) is 0 Å². The van der Waals surface area contributed by atoms with Crippen molar-refractivity contribution in [3.05, 3.63) is 41.5 Å². The molecule has 1 amide bonds. The van der Waals surface area contributed by atoms with Crippen molar-refractivity contribution in [1.82, 2.24) is 15.0 Å². The number of rotatable bonds is 5. The van der Waals surface area contributed by atoms with Crippen molar-refractivity contribution in [3.63, 3.8) is 0 Å². The minimum absolute atomic E-state index is 0.195. The first-order valence-electron chi connectivity index (χ1n) is 7.99. The van der Waals surface area contributed by atoms with Crippen LogP contribution in [0.4, 0.5) is 5.69 Å². The maximum atomic E-state index is 12.4. The summed E-state index contributed by atoms with van der Waals surface area (Å²) in [7, 11) is 0. The standard InChI is InChI=1S/C17H22N4O2/c1-12-16(13(2)23-20-12)5-6-17(22)21-9-7-15(11-21)19-14-4-3-8-18-10-14/h3-4,8,10,15,19H,5-7,9,11H2,1-2H3. The Balaban J connectivity index is 1.49. The summed E-state index contributed by atoms with van der Waals surface area (Å²) in [6.45, 7) is 5.36. The molecule has 1 fully saturated rings. The van der Waals surface area contributed by atoms with E-state index in [0.29, 0.717) is 18.9 Å². The molecule has 6 nitrogen and oxygen atoms in total. The number of likely N-dealkylation sites (tertiary alicyclic amines) is 1. The van der Waals surface area contributed by atoms with Gasteiger partial charge in [0, 0.05) is 43.5 Å². The number of hydrogen-bond donors (Lipinski definition) is 1. The smallest absolute Gasteiger partial charge is 0.222 e. The second-order valence-corrected chi connectivity index (χ2v) is 6.01. The summed E-state index contributed by atoms with van der Waals surface area (Å²) < 4.78 is 5.15. The van der Waals surface area contributed by atoms with Crippen LogP contribution in [0.25, 0.3) is 0 Å². The largest absolute Gasteiger partial charge is 0.379 e. The predicted molar refractivity (Wildman–Crippen MR) is 87.1 cm³/mol. The molecule has 0 aromatic carbocycles. The molecule has 1 N–H and O–H groups in total. The van der Waals surface area contributed by atoms with E-state index in [0.717, 1.165) is 42.2 Å². The Morgan fingerprint density at radius 2 is 2.35 bits per heavy atom. The molecular weight excluding hydrogens is 292 g/mol. The number of nitrogens with zero attached hydrogens (tertiary/aromatic N) is 3. The predicted octanol–water partition coefficient (Wildman–Crippen LogP) is 2.33. The van der Waals surface area contributed by atoms with Gasteiger partial charge in [-0.3, -0.25) is 9.78 Å². The molecule has 0 spiro atoms. The Hall–Kier alpha value is -2.37. The summed E-state index contributed by atoms with van der Waals surface area (Å²) in [4.78, 5) is 18.4. The van der Waals surface area contributed by atoms with Crippen LogP contribution in [0.3, 0.4) is 0 Å². The Morgan fingerprint density at radius 1 is 1.48 bits per heavy atom. The summed E-state index contributed by atoms with van der Waals surface area (Å²) in [5, 5.41) is 7.37. The molecule has 0 radical (unpaired) electrons. The summed E-state index contributed by atoms with van der Waals surface area (Å²) in [6, 6.07) is 4.20. The van der Waals surface area contributed by atoms with Crippen LogP contribution in [-0.2, 0) is 11.2 Å². The van der Waals surface area contributed by atoms with Gasteiger partial charge in [-0.2, -0.15) is 0 Å². The van der Waals surface area contributed by atoms with Crippen LogP contribution >= 0.6 is 0 Å². The fraction of sp³-hybridized carbons (Fsp3) is 0.471. The summed E-state index contributed by atoms with van der Waals surface area (Å²) >= 11 is 0. The van der Waals surface area contributed by atoms with Crippen molar-refractivity contribution in [3.8, 4) is 0 Å². The fourth-order valence-corrected chi connectivity index (χ4v) is 3.04. The number of anilines is 1. The van der Waals surface area contributed by atoms with Gasteiger partial charge in [0.15, 0.2) is 0 Å². The molecule has 1 aliphatic rings. The summed E-state index contributed by atoms with van der Waals surface area (Å²) in [6.07, 6.45) is 5.72. The molecule has 122 valence electrons. The van der Waals surface area contributed by atoms with Gasteiger partial charge in [0.05, 0.1) is 11.4 Å². The Bertz CT molecular complexity index is 649. The van der Waals surface area contributed by atoms with E-state index in [1.807, 2.05) is 37.1 Å². The van der Waals surface area contributed by atoms with Gasteiger partial charge in [-0.1, -0.05) is 5.16 Å². The monoisotopic (exact) mass is 314 g/mol. The van der Waals surface area contributed by atoms with Crippen molar-refractivity contribution in [2.24, 2.45) is 0 Å². The van der Waals surface area contributed by atoms with E-state index in [9.17, 15) is 4.79 Å². The Morgan fingerprint density at radius 3 is 3.04 bits per heavy atom. The van der Waals surface area contributed by atoms with E-state index in [4.69, 9.17) is 4.52 Å². The second kappa shape index (κ2) is 6.81. The third-order valence-corrected chi connectivity index (χ3v) is 4.34. The van der Waals surface area contributed by atoms with Crippen LogP contribution in [0, 0.1) is 13.8 Å². The van der Waals surface area contributed by atoms with E-state index in [2.05, 4.69) is 15.5 Å². The van der Waals surface area contributed by atoms with E-state index in [1.165, 1.54) is 0 Å². The number of pyridine rings is 1. The minimum atomic E-state index is 0.195. The van der Waals surface area contributed by atoms with E-state index in [1.54, 1.807) is 6.20 Å². The molecule has 3 heterocycles. The van der Waals surface area contributed by atoms with E-state index < -0.39 is 0 Å². The average Bonchev–Trinajstić information content (AvgIpc) is 3.14. The average molecular weight is 314 g/mol. The number of hydrogen-bond acceptors (Lipinski definition) is 5. The van der Waals surface area contributed by atoms with Gasteiger partial charge < -0.3 is 14.7 Å². The first-order chi connectivity index (χ1) is 11.1. The number of aromatic nitrogens is 2. The topological polar surface area (TPSA) is 71.3 Å². The third kappa shape index (κ3) is 3.70. The van der Waals surface area contributed by atoms with Crippen molar-refractivity contribution in [2.75, 3.05) is 18.4 Å². The quantitative estimate of drug-likeness (QED) is 0.917. The number of amides is 1. The molecule has 23 heavy (non-hydrogen) atoms. The van der Waals surface area contributed by atoms with Gasteiger partial charge in [-0.05, 0) is 38.8 Å². The maximum absolute atomic E-state index is 12.4.